The van der Waals surface area contributed by atoms with Gasteiger partial charge in [0.25, 0.3) is 0 Å². The van der Waals surface area contributed by atoms with Crippen LogP contribution >= 0.6 is 0 Å². The molecule has 0 fully saturated rings. The highest BCUT2D eigenvalue weighted by Gasteiger charge is 1.89. The van der Waals surface area contributed by atoms with Crippen LogP contribution in [0.15, 0.2) is 12.2 Å². The van der Waals surface area contributed by atoms with Gasteiger partial charge in [-0.1, -0.05) is 109 Å². The fraction of sp³-hybridized carbons (Fsp3) is 0.833. The molecular weight excluding hydrogens is 320 g/mol. The summed E-state index contributed by atoms with van der Waals surface area (Å²) in [6.07, 6.45) is 24.8. The minimum Gasteiger partial charge on any atom is -0.392 e. The van der Waals surface area contributed by atoms with Crippen LogP contribution in [0, 0.1) is 11.8 Å². The lowest BCUT2D eigenvalue weighted by molar-refractivity contribution is 0.342. The summed E-state index contributed by atoms with van der Waals surface area (Å²) in [4.78, 5) is 0. The summed E-state index contributed by atoms with van der Waals surface area (Å²) in [6.45, 7) is 4.69. The molecule has 0 unspecified atom stereocenters. The van der Waals surface area contributed by atoms with E-state index in [9.17, 15) is 0 Å². The maximum Gasteiger partial charge on any atom is 0.104 e. The highest BCUT2D eigenvalue weighted by atomic mass is 16.3. The van der Waals surface area contributed by atoms with Crippen molar-refractivity contribution in [3.05, 3.63) is 12.2 Å². The van der Waals surface area contributed by atoms with Gasteiger partial charge in [-0.05, 0) is 19.3 Å². The maximum atomic E-state index is 8.48. The summed E-state index contributed by atoms with van der Waals surface area (Å²) in [5.41, 5.74) is 0. The Morgan fingerprint density at radius 2 is 1.08 bits per heavy atom. The van der Waals surface area contributed by atoms with Gasteiger partial charge in [-0.2, -0.15) is 0 Å². The Balaban J connectivity index is 0. The molecule has 0 bridgehead atoms. The van der Waals surface area contributed by atoms with Gasteiger partial charge in [-0.15, -0.1) is 5.92 Å². The zero-order valence-corrected chi connectivity index (χ0v) is 17.8. The maximum absolute atomic E-state index is 8.48. The fourth-order valence-electron chi connectivity index (χ4n) is 2.73. The van der Waals surface area contributed by atoms with E-state index < -0.39 is 0 Å². The molecule has 0 rings (SSSR count). The van der Waals surface area contributed by atoms with Gasteiger partial charge in [0.1, 0.15) is 6.61 Å². The molecule has 0 aliphatic rings. The van der Waals surface area contributed by atoms with Gasteiger partial charge in [0, 0.05) is 6.42 Å². The van der Waals surface area contributed by atoms with E-state index in [4.69, 9.17) is 10.2 Å². The van der Waals surface area contributed by atoms with Crippen LogP contribution in [0.3, 0.4) is 0 Å². The molecule has 0 saturated carbocycles. The van der Waals surface area contributed by atoms with E-state index in [1.807, 2.05) is 6.08 Å². The molecule has 0 aromatic carbocycles. The number of allylic oxidation sites excluding steroid dienone is 1. The number of aliphatic hydroxyl groups is 2. The van der Waals surface area contributed by atoms with Crippen LogP contribution in [0.4, 0.5) is 0 Å². The summed E-state index contributed by atoms with van der Waals surface area (Å²) in [6, 6.07) is 0. The Morgan fingerprint density at radius 1 is 0.577 bits per heavy atom. The molecule has 0 atom stereocenters. The zero-order valence-electron chi connectivity index (χ0n) is 17.8. The van der Waals surface area contributed by atoms with Crippen molar-refractivity contribution in [3.63, 3.8) is 0 Å². The summed E-state index contributed by atoms with van der Waals surface area (Å²) in [5, 5.41) is 16.9. The average molecular weight is 367 g/mol. The van der Waals surface area contributed by atoms with Crippen molar-refractivity contribution in [1.82, 2.24) is 0 Å². The van der Waals surface area contributed by atoms with E-state index >= 15 is 0 Å². The van der Waals surface area contributed by atoms with Crippen molar-refractivity contribution >= 4 is 0 Å². The van der Waals surface area contributed by atoms with Gasteiger partial charge < -0.3 is 10.2 Å². The molecule has 0 aliphatic heterocycles. The van der Waals surface area contributed by atoms with Gasteiger partial charge in [0.15, 0.2) is 0 Å². The van der Waals surface area contributed by atoms with Crippen molar-refractivity contribution in [2.45, 2.75) is 117 Å². The number of hydrogen-bond acceptors (Lipinski definition) is 2. The molecule has 0 amide bonds. The van der Waals surface area contributed by atoms with E-state index in [0.29, 0.717) is 0 Å². The molecule has 0 aromatic heterocycles. The van der Waals surface area contributed by atoms with Gasteiger partial charge >= 0.3 is 0 Å². The third kappa shape index (κ3) is 31.0. The second-order valence-corrected chi connectivity index (χ2v) is 6.95. The summed E-state index contributed by atoms with van der Waals surface area (Å²) < 4.78 is 0. The van der Waals surface area contributed by atoms with Gasteiger partial charge in [-0.3, -0.25) is 0 Å². The summed E-state index contributed by atoms with van der Waals surface area (Å²) >= 11 is 0. The van der Waals surface area contributed by atoms with Gasteiger partial charge in [-0.25, -0.2) is 0 Å². The number of rotatable bonds is 16. The highest BCUT2D eigenvalue weighted by molar-refractivity contribution is 4.98. The first-order valence-corrected chi connectivity index (χ1v) is 11.2. The Bertz CT molecular complexity index is 312. The molecule has 154 valence electrons. The zero-order chi connectivity index (χ0) is 19.6. The Hall–Kier alpha value is -0.780. The van der Waals surface area contributed by atoms with E-state index in [1.54, 1.807) is 0 Å². The first-order valence-electron chi connectivity index (χ1n) is 11.2. The third-order valence-electron chi connectivity index (χ3n) is 4.36. The third-order valence-corrected chi connectivity index (χ3v) is 4.36. The predicted octanol–water partition coefficient (Wildman–Crippen LogP) is 6.80. The van der Waals surface area contributed by atoms with Crippen LogP contribution in [0.1, 0.15) is 117 Å². The second-order valence-electron chi connectivity index (χ2n) is 6.95. The SMILES string of the molecule is CCCCCCCCC/C=C\CO.CCCCCCCCCC#CCO. The first kappa shape index (κ1) is 27.4. The molecule has 0 heterocycles. The molecule has 0 radical (unpaired) electrons. The van der Waals surface area contributed by atoms with Crippen LogP contribution < -0.4 is 0 Å². The largest absolute Gasteiger partial charge is 0.392 e. The normalized spacial score (nSPS) is 10.3. The van der Waals surface area contributed by atoms with Crippen LogP contribution in [0.2, 0.25) is 0 Å². The minimum atomic E-state index is 0.0104. The predicted molar refractivity (Wildman–Crippen MR) is 116 cm³/mol. The lowest BCUT2D eigenvalue weighted by Gasteiger charge is -1.98. The lowest BCUT2D eigenvalue weighted by Crippen LogP contribution is -1.79. The number of aliphatic hydroxyl groups excluding tert-OH is 2. The quantitative estimate of drug-likeness (QED) is 0.179. The van der Waals surface area contributed by atoms with Crippen LogP contribution in [-0.2, 0) is 0 Å². The number of unbranched alkanes of at least 4 members (excludes halogenated alkanes) is 14. The van der Waals surface area contributed by atoms with E-state index in [2.05, 4.69) is 31.8 Å². The van der Waals surface area contributed by atoms with Crippen LogP contribution in [0.5, 0.6) is 0 Å². The van der Waals surface area contributed by atoms with Gasteiger partial charge in [0.05, 0.1) is 6.61 Å². The standard InChI is InChI=1S/C12H24O.C12H22O/c2*1-2-3-4-5-6-7-8-9-10-11-12-13/h10-11,13H,2-9,12H2,1H3;13H,2-9,12H2,1H3/b11-10-;. The average Bonchev–Trinajstić information content (AvgIpc) is 2.66. The summed E-state index contributed by atoms with van der Waals surface area (Å²) in [5.74, 6) is 5.60. The van der Waals surface area contributed by atoms with E-state index in [0.717, 1.165) is 12.8 Å². The molecular formula is C24H46O2. The molecule has 2 N–H and O–H groups in total. The van der Waals surface area contributed by atoms with Crippen molar-refractivity contribution < 1.29 is 10.2 Å². The van der Waals surface area contributed by atoms with Crippen molar-refractivity contribution in [1.29, 1.82) is 0 Å². The smallest absolute Gasteiger partial charge is 0.104 e. The molecule has 2 heteroatoms. The monoisotopic (exact) mass is 366 g/mol. The molecule has 0 aromatic rings. The summed E-state index contributed by atoms with van der Waals surface area (Å²) in [7, 11) is 0. The molecule has 0 spiro atoms. The first-order chi connectivity index (χ1) is 12.8. The van der Waals surface area contributed by atoms with Crippen molar-refractivity contribution in [2.75, 3.05) is 13.2 Å². The van der Waals surface area contributed by atoms with Crippen molar-refractivity contribution in [2.24, 2.45) is 0 Å². The molecule has 0 aliphatic carbocycles. The van der Waals surface area contributed by atoms with Gasteiger partial charge in [0.2, 0.25) is 0 Å². The van der Waals surface area contributed by atoms with E-state index in [-0.39, 0.29) is 13.2 Å². The Morgan fingerprint density at radius 3 is 1.58 bits per heavy atom. The van der Waals surface area contributed by atoms with Crippen molar-refractivity contribution in [3.8, 4) is 11.8 Å². The number of hydrogen-bond donors (Lipinski definition) is 2. The lowest BCUT2D eigenvalue weighted by atomic mass is 10.1. The molecule has 2 nitrogen and oxygen atoms in total. The van der Waals surface area contributed by atoms with Crippen LogP contribution in [0.25, 0.3) is 0 Å². The minimum absolute atomic E-state index is 0.0104. The fourth-order valence-corrected chi connectivity index (χ4v) is 2.73. The topological polar surface area (TPSA) is 40.5 Å². The Labute approximate surface area is 164 Å². The van der Waals surface area contributed by atoms with E-state index in [1.165, 1.54) is 89.9 Å². The van der Waals surface area contributed by atoms with Crippen LogP contribution in [-0.4, -0.2) is 23.4 Å². The molecule has 26 heavy (non-hydrogen) atoms. The highest BCUT2D eigenvalue weighted by Crippen LogP contribution is 2.08. The second kappa shape index (κ2) is 29.0. The molecule has 0 saturated heterocycles. The Kier molecular flexibility index (Phi) is 30.6.